The van der Waals surface area contributed by atoms with Crippen molar-refractivity contribution < 1.29 is 0 Å². The first kappa shape index (κ1) is 15.3. The summed E-state index contributed by atoms with van der Waals surface area (Å²) in [7, 11) is 2.17. The minimum atomic E-state index is 0.945. The van der Waals surface area contributed by atoms with Gasteiger partial charge in [-0.05, 0) is 39.2 Å². The van der Waals surface area contributed by atoms with Gasteiger partial charge in [-0.25, -0.2) is 9.97 Å². The van der Waals surface area contributed by atoms with Gasteiger partial charge in [-0.1, -0.05) is 11.6 Å². The van der Waals surface area contributed by atoms with Gasteiger partial charge in [0.15, 0.2) is 0 Å². The van der Waals surface area contributed by atoms with Crippen LogP contribution in [-0.2, 0) is 0 Å². The van der Waals surface area contributed by atoms with Crippen molar-refractivity contribution in [3.05, 3.63) is 24.0 Å². The molecule has 5 heteroatoms. The number of hydrogen-bond donors (Lipinski definition) is 1. The average molecular weight is 301 g/mol. The standard InChI is InChI=1S/C17H27N5/c1-21-9-11-22(12-10-21)17-13-16(19-14-20-17)18-8-7-15-5-3-2-4-6-15/h5,13-14H,2-4,6-12H2,1H3,(H,18,19,20). The molecule has 1 fully saturated rings. The summed E-state index contributed by atoms with van der Waals surface area (Å²) in [4.78, 5) is 13.5. The predicted octanol–water partition coefficient (Wildman–Crippen LogP) is 2.53. The van der Waals surface area contributed by atoms with Crippen LogP contribution in [-0.4, -0.2) is 54.6 Å². The third-order valence-corrected chi connectivity index (χ3v) is 4.62. The van der Waals surface area contributed by atoms with E-state index >= 15 is 0 Å². The molecule has 2 aliphatic rings. The van der Waals surface area contributed by atoms with Crippen molar-refractivity contribution in [2.75, 3.05) is 50.0 Å². The molecule has 0 bridgehead atoms. The summed E-state index contributed by atoms with van der Waals surface area (Å²) in [5.41, 5.74) is 1.60. The SMILES string of the molecule is CN1CCN(c2cc(NCCC3=CCCCC3)ncn2)CC1. The minimum Gasteiger partial charge on any atom is -0.370 e. The van der Waals surface area contributed by atoms with E-state index in [9.17, 15) is 0 Å². The number of piperazine rings is 1. The van der Waals surface area contributed by atoms with E-state index in [-0.39, 0.29) is 0 Å². The van der Waals surface area contributed by atoms with Crippen LogP contribution >= 0.6 is 0 Å². The van der Waals surface area contributed by atoms with Crippen LogP contribution in [0.2, 0.25) is 0 Å². The molecule has 1 aliphatic heterocycles. The molecule has 0 amide bonds. The molecule has 1 aromatic rings. The highest BCUT2D eigenvalue weighted by Crippen LogP contribution is 2.20. The first-order valence-corrected chi connectivity index (χ1v) is 8.48. The Labute approximate surface area is 133 Å². The number of aromatic nitrogens is 2. The number of allylic oxidation sites excluding steroid dienone is 1. The van der Waals surface area contributed by atoms with E-state index in [1.165, 1.54) is 25.7 Å². The molecule has 0 radical (unpaired) electrons. The maximum absolute atomic E-state index is 4.43. The summed E-state index contributed by atoms with van der Waals surface area (Å²) >= 11 is 0. The fraction of sp³-hybridized carbons (Fsp3) is 0.647. The monoisotopic (exact) mass is 301 g/mol. The van der Waals surface area contributed by atoms with Crippen LogP contribution in [0.25, 0.3) is 0 Å². The van der Waals surface area contributed by atoms with Gasteiger partial charge in [0.1, 0.15) is 18.0 Å². The Hall–Kier alpha value is -1.62. The minimum absolute atomic E-state index is 0.945. The van der Waals surface area contributed by atoms with Gasteiger partial charge in [0, 0.05) is 38.8 Å². The Morgan fingerprint density at radius 3 is 2.77 bits per heavy atom. The molecule has 0 aromatic carbocycles. The normalized spacial score (nSPS) is 19.9. The molecular formula is C17H27N5. The van der Waals surface area contributed by atoms with Gasteiger partial charge in [-0.2, -0.15) is 0 Å². The zero-order valence-electron chi connectivity index (χ0n) is 13.6. The Morgan fingerprint density at radius 2 is 2.00 bits per heavy atom. The van der Waals surface area contributed by atoms with Crippen molar-refractivity contribution in [2.45, 2.75) is 32.1 Å². The van der Waals surface area contributed by atoms with Crippen LogP contribution in [0.15, 0.2) is 24.0 Å². The predicted molar refractivity (Wildman–Crippen MR) is 91.4 cm³/mol. The third-order valence-electron chi connectivity index (χ3n) is 4.62. The summed E-state index contributed by atoms with van der Waals surface area (Å²) < 4.78 is 0. The molecule has 1 aromatic heterocycles. The summed E-state index contributed by atoms with van der Waals surface area (Å²) in [6, 6.07) is 2.08. The third kappa shape index (κ3) is 4.19. The van der Waals surface area contributed by atoms with Gasteiger partial charge in [-0.3, -0.25) is 0 Å². The number of anilines is 2. The second-order valence-corrected chi connectivity index (χ2v) is 6.34. The smallest absolute Gasteiger partial charge is 0.134 e. The molecule has 120 valence electrons. The lowest BCUT2D eigenvalue weighted by Crippen LogP contribution is -2.44. The van der Waals surface area contributed by atoms with Crippen LogP contribution in [0.3, 0.4) is 0 Å². The Balaban J connectivity index is 1.51. The quantitative estimate of drug-likeness (QED) is 0.847. The topological polar surface area (TPSA) is 44.3 Å². The fourth-order valence-electron chi connectivity index (χ4n) is 3.14. The number of rotatable bonds is 5. The Bertz CT molecular complexity index is 506. The number of nitrogens with one attached hydrogen (secondary N) is 1. The van der Waals surface area contributed by atoms with Crippen LogP contribution in [0.1, 0.15) is 32.1 Å². The summed E-state index contributed by atoms with van der Waals surface area (Å²) in [5.74, 6) is 1.99. The van der Waals surface area contributed by atoms with E-state index in [0.717, 1.165) is 50.8 Å². The second-order valence-electron chi connectivity index (χ2n) is 6.34. The molecule has 22 heavy (non-hydrogen) atoms. The maximum Gasteiger partial charge on any atom is 0.134 e. The van der Waals surface area contributed by atoms with E-state index in [1.807, 2.05) is 0 Å². The molecule has 1 saturated heterocycles. The van der Waals surface area contributed by atoms with Gasteiger partial charge >= 0.3 is 0 Å². The summed E-state index contributed by atoms with van der Waals surface area (Å²) in [6.45, 7) is 5.24. The van der Waals surface area contributed by atoms with Gasteiger partial charge in [0.2, 0.25) is 0 Å². The average Bonchev–Trinajstić information content (AvgIpc) is 2.57. The Kier molecular flexibility index (Phi) is 5.27. The molecule has 2 heterocycles. The van der Waals surface area contributed by atoms with E-state index in [0.29, 0.717) is 0 Å². The fourth-order valence-corrected chi connectivity index (χ4v) is 3.14. The molecule has 0 atom stereocenters. The van der Waals surface area contributed by atoms with E-state index in [2.05, 4.69) is 44.3 Å². The van der Waals surface area contributed by atoms with Crippen LogP contribution < -0.4 is 10.2 Å². The van der Waals surface area contributed by atoms with Crippen molar-refractivity contribution in [3.63, 3.8) is 0 Å². The molecule has 1 aliphatic carbocycles. The first-order chi connectivity index (χ1) is 10.8. The van der Waals surface area contributed by atoms with Crippen molar-refractivity contribution in [1.29, 1.82) is 0 Å². The van der Waals surface area contributed by atoms with E-state index in [4.69, 9.17) is 0 Å². The maximum atomic E-state index is 4.43. The molecule has 0 unspecified atom stereocenters. The number of hydrogen-bond acceptors (Lipinski definition) is 5. The highest BCUT2D eigenvalue weighted by atomic mass is 15.3. The molecule has 3 rings (SSSR count). The van der Waals surface area contributed by atoms with Crippen LogP contribution in [0.5, 0.6) is 0 Å². The van der Waals surface area contributed by atoms with Crippen molar-refractivity contribution in [3.8, 4) is 0 Å². The Morgan fingerprint density at radius 1 is 1.14 bits per heavy atom. The van der Waals surface area contributed by atoms with Gasteiger partial charge in [0.25, 0.3) is 0 Å². The highest BCUT2D eigenvalue weighted by Gasteiger charge is 2.15. The van der Waals surface area contributed by atoms with Crippen molar-refractivity contribution >= 4 is 11.6 Å². The summed E-state index contributed by atoms with van der Waals surface area (Å²) in [6.07, 6.45) is 10.5. The number of likely N-dealkylation sites (N-methyl/N-ethyl adjacent to an activating group) is 1. The molecule has 0 spiro atoms. The summed E-state index contributed by atoms with van der Waals surface area (Å²) in [5, 5.41) is 3.45. The largest absolute Gasteiger partial charge is 0.370 e. The molecule has 5 nitrogen and oxygen atoms in total. The lowest BCUT2D eigenvalue weighted by atomic mass is 9.97. The van der Waals surface area contributed by atoms with Crippen LogP contribution in [0.4, 0.5) is 11.6 Å². The van der Waals surface area contributed by atoms with Gasteiger partial charge in [-0.15, -0.1) is 0 Å². The van der Waals surface area contributed by atoms with E-state index in [1.54, 1.807) is 11.9 Å². The number of nitrogens with zero attached hydrogens (tertiary/aromatic N) is 4. The molecule has 0 saturated carbocycles. The highest BCUT2D eigenvalue weighted by molar-refractivity contribution is 5.48. The van der Waals surface area contributed by atoms with E-state index < -0.39 is 0 Å². The van der Waals surface area contributed by atoms with Crippen molar-refractivity contribution in [2.24, 2.45) is 0 Å². The zero-order valence-corrected chi connectivity index (χ0v) is 13.6. The van der Waals surface area contributed by atoms with Crippen molar-refractivity contribution in [1.82, 2.24) is 14.9 Å². The second kappa shape index (κ2) is 7.58. The van der Waals surface area contributed by atoms with Gasteiger partial charge < -0.3 is 15.1 Å². The molecular weight excluding hydrogens is 274 g/mol. The van der Waals surface area contributed by atoms with Crippen LogP contribution in [0, 0.1) is 0 Å². The zero-order chi connectivity index (χ0) is 15.2. The lowest BCUT2D eigenvalue weighted by Gasteiger charge is -2.33. The van der Waals surface area contributed by atoms with Gasteiger partial charge in [0.05, 0.1) is 0 Å². The molecule has 1 N–H and O–H groups in total. The first-order valence-electron chi connectivity index (χ1n) is 8.48. The lowest BCUT2D eigenvalue weighted by molar-refractivity contribution is 0.312.